The maximum atomic E-state index is 12.0. The summed E-state index contributed by atoms with van der Waals surface area (Å²) in [7, 11) is 0. The minimum atomic E-state index is -0.451. The Morgan fingerprint density at radius 2 is 1.86 bits per heavy atom. The molecule has 3 amide bonds. The number of carbonyl (C=O) groups excluding carboxylic acids is 2. The first kappa shape index (κ1) is 20.7. The van der Waals surface area contributed by atoms with E-state index < -0.39 is 6.03 Å². The first-order valence-electron chi connectivity index (χ1n) is 8.22. The number of amides is 3. The SMILES string of the molecule is O=C(Cc1nnc(NC(=O)Nc2ccccc2)s1)N/N=C/c1ccc(Cl)cc1Cl. The summed E-state index contributed by atoms with van der Waals surface area (Å²) >= 11 is 12.9. The van der Waals surface area contributed by atoms with Crippen LogP contribution in [0.2, 0.25) is 10.0 Å². The molecule has 0 spiro atoms. The van der Waals surface area contributed by atoms with E-state index in [1.54, 1.807) is 42.5 Å². The lowest BCUT2D eigenvalue weighted by molar-refractivity contribution is -0.120. The van der Waals surface area contributed by atoms with Crippen LogP contribution in [0.3, 0.4) is 0 Å². The second-order valence-corrected chi connectivity index (χ2v) is 7.49. The summed E-state index contributed by atoms with van der Waals surface area (Å²) in [6.07, 6.45) is 1.38. The number of hydrogen-bond acceptors (Lipinski definition) is 6. The molecular weight excluding hydrogens is 435 g/mol. The number of nitrogens with zero attached hydrogens (tertiary/aromatic N) is 3. The maximum absolute atomic E-state index is 12.0. The van der Waals surface area contributed by atoms with Gasteiger partial charge in [0, 0.05) is 16.3 Å². The topological polar surface area (TPSA) is 108 Å². The Kier molecular flexibility index (Phi) is 7.12. The van der Waals surface area contributed by atoms with Crippen LogP contribution < -0.4 is 16.1 Å². The normalized spacial score (nSPS) is 10.7. The molecule has 0 fully saturated rings. The van der Waals surface area contributed by atoms with Gasteiger partial charge in [-0.3, -0.25) is 10.1 Å². The van der Waals surface area contributed by atoms with Crippen molar-refractivity contribution in [2.75, 3.05) is 10.6 Å². The highest BCUT2D eigenvalue weighted by Gasteiger charge is 2.11. The van der Waals surface area contributed by atoms with E-state index in [2.05, 4.69) is 31.4 Å². The van der Waals surface area contributed by atoms with Crippen molar-refractivity contribution in [3.8, 4) is 0 Å². The molecule has 0 unspecified atom stereocenters. The minimum absolute atomic E-state index is 0.0364. The van der Waals surface area contributed by atoms with E-state index in [4.69, 9.17) is 23.2 Å². The Balaban J connectivity index is 1.48. The van der Waals surface area contributed by atoms with Gasteiger partial charge in [0.15, 0.2) is 0 Å². The lowest BCUT2D eigenvalue weighted by Gasteiger charge is -2.03. The number of carbonyl (C=O) groups is 2. The van der Waals surface area contributed by atoms with E-state index >= 15 is 0 Å². The van der Waals surface area contributed by atoms with E-state index in [0.29, 0.717) is 26.3 Å². The second-order valence-electron chi connectivity index (χ2n) is 5.58. The molecule has 1 aromatic heterocycles. The van der Waals surface area contributed by atoms with Gasteiger partial charge in [-0.1, -0.05) is 58.8 Å². The zero-order chi connectivity index (χ0) is 20.6. The standard InChI is InChI=1S/C18H14Cl2N6O2S/c19-12-7-6-11(14(20)8-12)10-21-24-15(27)9-16-25-26-18(29-16)23-17(28)22-13-4-2-1-3-5-13/h1-8,10H,9H2,(H,24,27)(H2,22,23,26,28)/b21-10+. The average molecular weight is 449 g/mol. The molecule has 0 radical (unpaired) electrons. The molecule has 0 atom stereocenters. The third-order valence-electron chi connectivity index (χ3n) is 3.39. The van der Waals surface area contributed by atoms with Crippen LogP contribution in [-0.2, 0) is 11.2 Å². The molecule has 0 aliphatic rings. The van der Waals surface area contributed by atoms with Crippen molar-refractivity contribution >= 4 is 63.5 Å². The van der Waals surface area contributed by atoms with Gasteiger partial charge < -0.3 is 5.32 Å². The van der Waals surface area contributed by atoms with Gasteiger partial charge in [0.25, 0.3) is 0 Å². The first-order valence-corrected chi connectivity index (χ1v) is 9.79. The first-order chi connectivity index (χ1) is 14.0. The largest absolute Gasteiger partial charge is 0.325 e. The molecule has 29 heavy (non-hydrogen) atoms. The zero-order valence-corrected chi connectivity index (χ0v) is 17.1. The number of anilines is 2. The molecule has 8 nitrogen and oxygen atoms in total. The number of benzene rings is 2. The smallest absolute Gasteiger partial charge is 0.308 e. The highest BCUT2D eigenvalue weighted by molar-refractivity contribution is 7.15. The van der Waals surface area contributed by atoms with E-state index in [1.807, 2.05) is 6.07 Å². The lowest BCUT2D eigenvalue weighted by Crippen LogP contribution is -2.19. The van der Waals surface area contributed by atoms with Crippen LogP contribution in [0.1, 0.15) is 10.6 Å². The van der Waals surface area contributed by atoms with Gasteiger partial charge in [0.2, 0.25) is 11.0 Å². The predicted octanol–water partition coefficient (Wildman–Crippen LogP) is 4.18. The van der Waals surface area contributed by atoms with Gasteiger partial charge in [0.1, 0.15) is 5.01 Å². The quantitative estimate of drug-likeness (QED) is 0.388. The molecule has 148 valence electrons. The number of hydrogen-bond donors (Lipinski definition) is 3. The van der Waals surface area contributed by atoms with Crippen molar-refractivity contribution in [3.63, 3.8) is 0 Å². The van der Waals surface area contributed by atoms with Crippen molar-refractivity contribution in [2.24, 2.45) is 5.10 Å². The Morgan fingerprint density at radius 1 is 1.07 bits per heavy atom. The van der Waals surface area contributed by atoms with Crippen LogP contribution in [0.25, 0.3) is 0 Å². The highest BCUT2D eigenvalue weighted by Crippen LogP contribution is 2.19. The van der Waals surface area contributed by atoms with Crippen LogP contribution in [0.4, 0.5) is 15.6 Å². The fraction of sp³-hybridized carbons (Fsp3) is 0.0556. The maximum Gasteiger partial charge on any atom is 0.325 e. The number of halogens is 2. The Morgan fingerprint density at radius 3 is 2.62 bits per heavy atom. The van der Waals surface area contributed by atoms with Crippen LogP contribution in [0.5, 0.6) is 0 Å². The fourth-order valence-electron chi connectivity index (χ4n) is 2.11. The van der Waals surface area contributed by atoms with Gasteiger partial charge in [-0.15, -0.1) is 10.2 Å². The lowest BCUT2D eigenvalue weighted by atomic mass is 10.2. The molecule has 0 saturated heterocycles. The molecule has 0 saturated carbocycles. The highest BCUT2D eigenvalue weighted by atomic mass is 35.5. The molecule has 0 aliphatic carbocycles. The third kappa shape index (κ3) is 6.53. The number of urea groups is 1. The Hall–Kier alpha value is -3.01. The molecule has 1 heterocycles. The zero-order valence-electron chi connectivity index (χ0n) is 14.7. The molecule has 3 N–H and O–H groups in total. The number of hydrazone groups is 1. The number of nitrogens with one attached hydrogen (secondary N) is 3. The molecular formula is C18H14Cl2N6O2S. The van der Waals surface area contributed by atoms with E-state index in [1.165, 1.54) is 6.21 Å². The summed E-state index contributed by atoms with van der Waals surface area (Å²) in [6.45, 7) is 0. The number of para-hydroxylation sites is 1. The van der Waals surface area contributed by atoms with Crippen LogP contribution in [0, 0.1) is 0 Å². The van der Waals surface area contributed by atoms with Crippen molar-refractivity contribution in [1.29, 1.82) is 0 Å². The van der Waals surface area contributed by atoms with Crippen molar-refractivity contribution in [3.05, 3.63) is 69.1 Å². The molecule has 3 rings (SSSR count). The number of rotatable bonds is 6. The molecule has 11 heteroatoms. The predicted molar refractivity (Wildman–Crippen MR) is 115 cm³/mol. The summed E-state index contributed by atoms with van der Waals surface area (Å²) in [6, 6.07) is 13.5. The summed E-state index contributed by atoms with van der Waals surface area (Å²) in [5, 5.41) is 18.4. The number of aromatic nitrogens is 2. The van der Waals surface area contributed by atoms with Gasteiger partial charge in [-0.2, -0.15) is 5.10 Å². The van der Waals surface area contributed by atoms with Gasteiger partial charge in [-0.05, 0) is 24.3 Å². The van der Waals surface area contributed by atoms with Crippen LogP contribution >= 0.6 is 34.5 Å². The average Bonchev–Trinajstić information content (AvgIpc) is 3.10. The molecule has 2 aromatic carbocycles. The van der Waals surface area contributed by atoms with Crippen molar-refractivity contribution in [1.82, 2.24) is 15.6 Å². The van der Waals surface area contributed by atoms with Gasteiger partial charge in [0.05, 0.1) is 17.7 Å². The van der Waals surface area contributed by atoms with E-state index in [0.717, 1.165) is 11.3 Å². The molecule has 0 aliphatic heterocycles. The van der Waals surface area contributed by atoms with Crippen molar-refractivity contribution in [2.45, 2.75) is 6.42 Å². The molecule has 3 aromatic rings. The Bertz CT molecular complexity index is 1040. The minimum Gasteiger partial charge on any atom is -0.308 e. The second kappa shape index (κ2) is 9.97. The summed E-state index contributed by atoms with van der Waals surface area (Å²) < 4.78 is 0. The Labute approximate surface area is 179 Å². The fourth-order valence-corrected chi connectivity index (χ4v) is 3.30. The molecule has 0 bridgehead atoms. The van der Waals surface area contributed by atoms with E-state index in [9.17, 15) is 9.59 Å². The summed E-state index contributed by atoms with van der Waals surface area (Å²) in [5.41, 5.74) is 3.64. The van der Waals surface area contributed by atoms with Crippen molar-refractivity contribution < 1.29 is 9.59 Å². The third-order valence-corrected chi connectivity index (χ3v) is 4.79. The van der Waals surface area contributed by atoms with E-state index in [-0.39, 0.29) is 17.5 Å². The summed E-state index contributed by atoms with van der Waals surface area (Å²) in [5.74, 6) is -0.386. The summed E-state index contributed by atoms with van der Waals surface area (Å²) in [4.78, 5) is 23.9. The van der Waals surface area contributed by atoms with Gasteiger partial charge in [-0.25, -0.2) is 10.2 Å². The monoisotopic (exact) mass is 448 g/mol. The van der Waals surface area contributed by atoms with Crippen LogP contribution in [0.15, 0.2) is 53.6 Å². The van der Waals surface area contributed by atoms with Crippen LogP contribution in [-0.4, -0.2) is 28.4 Å². The van der Waals surface area contributed by atoms with Gasteiger partial charge >= 0.3 is 6.03 Å².